The number of sulfonamides is 1. The van der Waals surface area contributed by atoms with E-state index in [1.807, 2.05) is 0 Å². The first-order valence-corrected chi connectivity index (χ1v) is 7.74. The largest absolute Gasteiger partial charge is 0.478 e. The number of benzene rings is 1. The third-order valence-electron chi connectivity index (χ3n) is 3.17. The van der Waals surface area contributed by atoms with Gasteiger partial charge in [-0.25, -0.2) is 22.3 Å². The number of halogens is 1. The van der Waals surface area contributed by atoms with E-state index in [-0.39, 0.29) is 17.0 Å². The van der Waals surface area contributed by atoms with Crippen LogP contribution in [0.1, 0.15) is 36.2 Å². The van der Waals surface area contributed by atoms with Crippen LogP contribution in [0.3, 0.4) is 0 Å². The minimum absolute atomic E-state index is 0.0856. The summed E-state index contributed by atoms with van der Waals surface area (Å²) in [6.45, 7) is 4.21. The standard InChI is InChI=1S/C13H18FNO5S/c1-4-13(3,18)7-15-21(19,20)9-5-8(2)11(14)10(6-9)12(16)17/h5-6,15,18H,4,7H2,1-3H3,(H,16,17). The van der Waals surface area contributed by atoms with Crippen molar-refractivity contribution in [2.75, 3.05) is 6.54 Å². The highest BCUT2D eigenvalue weighted by Crippen LogP contribution is 2.20. The minimum Gasteiger partial charge on any atom is -0.478 e. The van der Waals surface area contributed by atoms with E-state index in [1.165, 1.54) is 13.8 Å². The summed E-state index contributed by atoms with van der Waals surface area (Å²) in [6.07, 6.45) is 0.332. The molecule has 3 N–H and O–H groups in total. The molecule has 1 aromatic rings. The van der Waals surface area contributed by atoms with Crippen molar-refractivity contribution in [3.63, 3.8) is 0 Å². The normalized spacial score (nSPS) is 14.7. The van der Waals surface area contributed by atoms with Gasteiger partial charge in [-0.2, -0.15) is 0 Å². The lowest BCUT2D eigenvalue weighted by Gasteiger charge is -2.21. The number of aryl methyl sites for hydroxylation is 1. The quantitative estimate of drug-likeness (QED) is 0.732. The number of hydrogen-bond donors (Lipinski definition) is 3. The molecule has 0 radical (unpaired) electrons. The molecule has 21 heavy (non-hydrogen) atoms. The Labute approximate surface area is 122 Å². The Balaban J connectivity index is 3.18. The molecule has 0 bridgehead atoms. The summed E-state index contributed by atoms with van der Waals surface area (Å²) in [5.41, 5.74) is -2.02. The Morgan fingerprint density at radius 1 is 1.43 bits per heavy atom. The molecule has 1 atom stereocenters. The van der Waals surface area contributed by atoms with Crippen molar-refractivity contribution in [1.29, 1.82) is 0 Å². The number of carbonyl (C=O) groups is 1. The molecule has 0 heterocycles. The van der Waals surface area contributed by atoms with Gasteiger partial charge in [0.25, 0.3) is 0 Å². The zero-order valence-corrected chi connectivity index (χ0v) is 12.8. The van der Waals surface area contributed by atoms with Gasteiger partial charge >= 0.3 is 5.97 Å². The molecule has 0 saturated carbocycles. The van der Waals surface area contributed by atoms with Crippen molar-refractivity contribution >= 4 is 16.0 Å². The number of nitrogens with one attached hydrogen (secondary N) is 1. The number of carboxylic acids is 1. The first-order chi connectivity index (χ1) is 9.50. The topological polar surface area (TPSA) is 104 Å². The van der Waals surface area contributed by atoms with Crippen molar-refractivity contribution in [3.05, 3.63) is 29.1 Å². The fourth-order valence-corrected chi connectivity index (χ4v) is 2.78. The smallest absolute Gasteiger partial charge is 0.338 e. The second-order valence-electron chi connectivity index (χ2n) is 5.08. The van der Waals surface area contributed by atoms with Crippen LogP contribution < -0.4 is 4.72 Å². The molecule has 6 nitrogen and oxygen atoms in total. The molecular weight excluding hydrogens is 301 g/mol. The molecule has 8 heteroatoms. The summed E-state index contributed by atoms with van der Waals surface area (Å²) in [4.78, 5) is 10.6. The Morgan fingerprint density at radius 3 is 2.48 bits per heavy atom. The lowest BCUT2D eigenvalue weighted by Crippen LogP contribution is -2.40. The molecule has 118 valence electrons. The molecule has 0 aliphatic heterocycles. The highest BCUT2D eigenvalue weighted by atomic mass is 32.2. The molecule has 0 aromatic heterocycles. The number of aliphatic hydroxyl groups is 1. The Bertz CT molecular complexity index is 655. The van der Waals surface area contributed by atoms with Gasteiger partial charge in [0.1, 0.15) is 5.82 Å². The van der Waals surface area contributed by atoms with Crippen molar-refractivity contribution < 1.29 is 27.8 Å². The Kier molecular flexibility index (Phi) is 5.08. The van der Waals surface area contributed by atoms with Crippen molar-refractivity contribution in [1.82, 2.24) is 4.72 Å². The van der Waals surface area contributed by atoms with E-state index in [2.05, 4.69) is 4.72 Å². The van der Waals surface area contributed by atoms with Crippen LogP contribution in [0.15, 0.2) is 17.0 Å². The molecule has 0 aliphatic carbocycles. The van der Waals surface area contributed by atoms with E-state index in [0.29, 0.717) is 6.42 Å². The highest BCUT2D eigenvalue weighted by Gasteiger charge is 2.25. The molecular formula is C13H18FNO5S. The third kappa shape index (κ3) is 4.23. The van der Waals surface area contributed by atoms with E-state index >= 15 is 0 Å². The van der Waals surface area contributed by atoms with E-state index in [4.69, 9.17) is 5.11 Å². The van der Waals surface area contributed by atoms with Gasteiger partial charge in [0.2, 0.25) is 10.0 Å². The minimum atomic E-state index is -4.04. The molecule has 0 saturated heterocycles. The Hall–Kier alpha value is -1.51. The SMILES string of the molecule is CCC(C)(O)CNS(=O)(=O)c1cc(C)c(F)c(C(=O)O)c1. The molecule has 0 fully saturated rings. The summed E-state index contributed by atoms with van der Waals surface area (Å²) in [5, 5.41) is 18.7. The fraction of sp³-hybridized carbons (Fsp3) is 0.462. The number of aromatic carboxylic acids is 1. The van der Waals surface area contributed by atoms with Crippen molar-refractivity contribution in [2.24, 2.45) is 0 Å². The maximum Gasteiger partial charge on any atom is 0.338 e. The molecule has 0 spiro atoms. The van der Waals surface area contributed by atoms with Crippen LogP contribution in [0.4, 0.5) is 4.39 Å². The summed E-state index contributed by atoms with van der Waals surface area (Å²) >= 11 is 0. The summed E-state index contributed by atoms with van der Waals surface area (Å²) < 4.78 is 40.0. The maximum absolute atomic E-state index is 13.6. The molecule has 1 rings (SSSR count). The second-order valence-corrected chi connectivity index (χ2v) is 6.85. The van der Waals surface area contributed by atoms with Gasteiger partial charge in [0.15, 0.2) is 0 Å². The average Bonchev–Trinajstić information content (AvgIpc) is 2.39. The summed E-state index contributed by atoms with van der Waals surface area (Å²) in [6, 6.07) is 1.80. The van der Waals surface area contributed by atoms with E-state index in [1.54, 1.807) is 6.92 Å². The number of hydrogen-bond acceptors (Lipinski definition) is 4. The van der Waals surface area contributed by atoms with Gasteiger partial charge < -0.3 is 10.2 Å². The van der Waals surface area contributed by atoms with Crippen LogP contribution in [-0.2, 0) is 10.0 Å². The van der Waals surface area contributed by atoms with E-state index in [0.717, 1.165) is 12.1 Å². The second kappa shape index (κ2) is 6.08. The highest BCUT2D eigenvalue weighted by molar-refractivity contribution is 7.89. The average molecular weight is 319 g/mol. The van der Waals surface area contributed by atoms with Gasteiger partial charge in [-0.1, -0.05) is 6.92 Å². The molecule has 1 aromatic carbocycles. The first-order valence-electron chi connectivity index (χ1n) is 6.25. The molecule has 0 aliphatic rings. The lowest BCUT2D eigenvalue weighted by atomic mass is 10.1. The lowest BCUT2D eigenvalue weighted by molar-refractivity contribution is 0.0612. The third-order valence-corrected chi connectivity index (χ3v) is 4.55. The molecule has 0 amide bonds. The monoisotopic (exact) mass is 319 g/mol. The van der Waals surface area contributed by atoms with Gasteiger partial charge in [-0.15, -0.1) is 0 Å². The van der Waals surface area contributed by atoms with Crippen LogP contribution in [0.25, 0.3) is 0 Å². The van der Waals surface area contributed by atoms with Crippen LogP contribution in [0, 0.1) is 12.7 Å². The van der Waals surface area contributed by atoms with Gasteiger partial charge in [-0.05, 0) is 38.0 Å². The predicted molar refractivity (Wildman–Crippen MR) is 74.2 cm³/mol. The summed E-state index contributed by atoms with van der Waals surface area (Å²) in [7, 11) is -4.04. The summed E-state index contributed by atoms with van der Waals surface area (Å²) in [5.74, 6) is -2.52. The van der Waals surface area contributed by atoms with Crippen molar-refractivity contribution in [3.8, 4) is 0 Å². The first kappa shape index (κ1) is 17.5. The fourth-order valence-electron chi connectivity index (χ4n) is 1.51. The number of rotatable bonds is 6. The van der Waals surface area contributed by atoms with Crippen LogP contribution in [-0.4, -0.2) is 36.7 Å². The van der Waals surface area contributed by atoms with E-state index < -0.39 is 33.0 Å². The predicted octanol–water partition coefficient (Wildman–Crippen LogP) is 1.27. The zero-order chi connectivity index (χ0) is 16.4. The van der Waals surface area contributed by atoms with Gasteiger partial charge in [-0.3, -0.25) is 0 Å². The number of carboxylic acid groups (broad SMARTS) is 1. The maximum atomic E-state index is 13.6. The van der Waals surface area contributed by atoms with Crippen LogP contribution >= 0.6 is 0 Å². The van der Waals surface area contributed by atoms with Crippen LogP contribution in [0.2, 0.25) is 0 Å². The van der Waals surface area contributed by atoms with Gasteiger partial charge in [0, 0.05) is 6.54 Å². The Morgan fingerprint density at radius 2 is 2.00 bits per heavy atom. The zero-order valence-electron chi connectivity index (χ0n) is 12.0. The van der Waals surface area contributed by atoms with Gasteiger partial charge in [0.05, 0.1) is 16.1 Å². The van der Waals surface area contributed by atoms with Crippen LogP contribution in [0.5, 0.6) is 0 Å². The van der Waals surface area contributed by atoms with Crippen molar-refractivity contribution in [2.45, 2.75) is 37.7 Å². The van der Waals surface area contributed by atoms with E-state index in [9.17, 15) is 22.7 Å². The molecule has 1 unspecified atom stereocenters.